The van der Waals surface area contributed by atoms with Gasteiger partial charge in [0, 0.05) is 16.1 Å². The Labute approximate surface area is 155 Å². The van der Waals surface area contributed by atoms with Crippen molar-refractivity contribution in [3.05, 3.63) is 34.9 Å². The topological polar surface area (TPSA) is 72.8 Å². The van der Waals surface area contributed by atoms with Crippen molar-refractivity contribution in [2.24, 2.45) is 5.16 Å². The summed E-state index contributed by atoms with van der Waals surface area (Å²) >= 11 is 3.41. The van der Waals surface area contributed by atoms with Gasteiger partial charge in [0.05, 0.1) is 17.3 Å². The molecule has 1 amide bonds. The zero-order valence-corrected chi connectivity index (χ0v) is 16.3. The van der Waals surface area contributed by atoms with E-state index in [9.17, 15) is 4.79 Å². The Morgan fingerprint density at radius 3 is 2.88 bits per heavy atom. The number of oxime groups is 1. The quantitative estimate of drug-likeness (QED) is 0.561. The van der Waals surface area contributed by atoms with Crippen LogP contribution in [-0.2, 0) is 9.63 Å². The first kappa shape index (κ1) is 19.2. The van der Waals surface area contributed by atoms with Gasteiger partial charge in [-0.15, -0.1) is 0 Å². The lowest BCUT2D eigenvalue weighted by Crippen LogP contribution is -2.50. The van der Waals surface area contributed by atoms with Gasteiger partial charge in [-0.2, -0.15) is 0 Å². The molecule has 6 nitrogen and oxygen atoms in total. The second-order valence-corrected chi connectivity index (χ2v) is 7.07. The molecule has 7 heteroatoms. The zero-order chi connectivity index (χ0) is 18.4. The van der Waals surface area contributed by atoms with Gasteiger partial charge in [-0.1, -0.05) is 12.1 Å². The van der Waals surface area contributed by atoms with E-state index in [-0.39, 0.29) is 5.91 Å². The predicted molar refractivity (Wildman–Crippen MR) is 102 cm³/mol. The summed E-state index contributed by atoms with van der Waals surface area (Å²) in [6.45, 7) is 5.57. The summed E-state index contributed by atoms with van der Waals surface area (Å²) in [5.74, 6) is 0.417. The fourth-order valence-corrected chi connectivity index (χ4v) is 2.61. The highest BCUT2D eigenvalue weighted by Gasteiger charge is 2.25. The number of carbonyl (C=O) groups excluding carboxylic acids is 1. The molecule has 0 saturated carbocycles. The number of rotatable bonds is 7. The Hall–Kier alpha value is -2.15. The van der Waals surface area contributed by atoms with Gasteiger partial charge in [0.25, 0.3) is 5.91 Å². The van der Waals surface area contributed by atoms with Crippen LogP contribution in [0, 0.1) is 0 Å². The van der Waals surface area contributed by atoms with E-state index >= 15 is 0 Å². The molecule has 1 N–H and O–H groups in total. The first-order chi connectivity index (χ1) is 11.8. The maximum absolute atomic E-state index is 12.5. The molecule has 0 saturated heterocycles. The van der Waals surface area contributed by atoms with Crippen molar-refractivity contribution in [1.82, 2.24) is 10.3 Å². The van der Waals surface area contributed by atoms with Gasteiger partial charge in [0.2, 0.25) is 0 Å². The summed E-state index contributed by atoms with van der Waals surface area (Å²) in [4.78, 5) is 21.5. The van der Waals surface area contributed by atoms with Crippen molar-refractivity contribution in [3.63, 3.8) is 0 Å². The van der Waals surface area contributed by atoms with E-state index in [2.05, 4.69) is 36.2 Å². The van der Waals surface area contributed by atoms with Gasteiger partial charge in [-0.25, -0.2) is 0 Å². The van der Waals surface area contributed by atoms with Gasteiger partial charge in [0.1, 0.15) is 12.9 Å². The first-order valence-corrected chi connectivity index (χ1v) is 8.75. The summed E-state index contributed by atoms with van der Waals surface area (Å²) in [6, 6.07) is 7.52. The number of benzene rings is 1. The largest absolute Gasteiger partial charge is 0.481 e. The van der Waals surface area contributed by atoms with Crippen LogP contribution in [0.25, 0.3) is 10.9 Å². The molecule has 0 fully saturated rings. The molecule has 0 aliphatic heterocycles. The number of hydrogen-bond acceptors (Lipinski definition) is 5. The fourth-order valence-electron chi connectivity index (χ4n) is 2.26. The summed E-state index contributed by atoms with van der Waals surface area (Å²) in [5.41, 5.74) is 0.229. The lowest BCUT2D eigenvalue weighted by molar-refractivity contribution is -0.129. The maximum Gasteiger partial charge on any atom is 0.261 e. The van der Waals surface area contributed by atoms with Crippen molar-refractivity contribution >= 4 is 39.0 Å². The summed E-state index contributed by atoms with van der Waals surface area (Å²) < 4.78 is 6.78. The number of aromatic nitrogens is 1. The van der Waals surface area contributed by atoms with E-state index in [0.29, 0.717) is 12.2 Å². The molecule has 0 radical (unpaired) electrons. The van der Waals surface area contributed by atoms with Gasteiger partial charge >= 0.3 is 0 Å². The van der Waals surface area contributed by atoms with Crippen molar-refractivity contribution in [3.8, 4) is 5.75 Å². The smallest absolute Gasteiger partial charge is 0.261 e. The van der Waals surface area contributed by atoms with Crippen LogP contribution in [0.5, 0.6) is 5.75 Å². The standard InChI is InChI=1S/C18H22BrN3O3/c1-5-16(17(23)22-18(2,3)11-21-24-4)25-14-6-7-15-12(9-14)8-13(19)10-20-15/h6-11,16H,5H2,1-4H3,(H,22,23). The molecule has 2 aromatic rings. The average molecular weight is 408 g/mol. The number of nitrogens with one attached hydrogen (secondary N) is 1. The molecule has 25 heavy (non-hydrogen) atoms. The number of halogens is 1. The lowest BCUT2D eigenvalue weighted by atomic mass is 10.1. The van der Waals surface area contributed by atoms with Gasteiger partial charge < -0.3 is 14.9 Å². The summed E-state index contributed by atoms with van der Waals surface area (Å²) in [6.07, 6.45) is 3.22. The van der Waals surface area contributed by atoms with Gasteiger partial charge in [0.15, 0.2) is 6.10 Å². The van der Waals surface area contributed by atoms with Gasteiger partial charge in [-0.3, -0.25) is 9.78 Å². The number of ether oxygens (including phenoxy) is 1. The van der Waals surface area contributed by atoms with E-state index in [1.807, 2.05) is 45.0 Å². The Morgan fingerprint density at radius 1 is 1.44 bits per heavy atom. The molecule has 1 unspecified atom stereocenters. The van der Waals surface area contributed by atoms with E-state index in [1.165, 1.54) is 13.3 Å². The van der Waals surface area contributed by atoms with Crippen LogP contribution in [0.2, 0.25) is 0 Å². The minimum atomic E-state index is -0.637. The Kier molecular flexibility index (Phi) is 6.36. The third-order valence-corrected chi connectivity index (χ3v) is 3.92. The maximum atomic E-state index is 12.5. The molecule has 0 spiro atoms. The van der Waals surface area contributed by atoms with Gasteiger partial charge in [-0.05, 0) is 60.5 Å². The van der Waals surface area contributed by atoms with Crippen molar-refractivity contribution in [2.45, 2.75) is 38.8 Å². The highest BCUT2D eigenvalue weighted by molar-refractivity contribution is 9.10. The number of hydrogen-bond donors (Lipinski definition) is 1. The van der Waals surface area contributed by atoms with Crippen molar-refractivity contribution in [1.29, 1.82) is 0 Å². The highest BCUT2D eigenvalue weighted by atomic mass is 79.9. The fraction of sp³-hybridized carbons (Fsp3) is 0.389. The predicted octanol–water partition coefficient (Wildman–Crippen LogP) is 3.68. The van der Waals surface area contributed by atoms with Crippen LogP contribution in [0.15, 0.2) is 40.1 Å². The zero-order valence-electron chi connectivity index (χ0n) is 14.7. The molecule has 1 aromatic carbocycles. The third-order valence-electron chi connectivity index (χ3n) is 3.49. The number of nitrogens with zero attached hydrogens (tertiary/aromatic N) is 2. The molecular weight excluding hydrogens is 386 g/mol. The van der Waals surface area contributed by atoms with Crippen LogP contribution in [-0.4, -0.2) is 35.9 Å². The summed E-state index contributed by atoms with van der Waals surface area (Å²) in [5, 5.41) is 7.55. The van der Waals surface area contributed by atoms with E-state index in [4.69, 9.17) is 4.74 Å². The second kappa shape index (κ2) is 8.29. The molecule has 1 aromatic heterocycles. The number of amides is 1. The normalized spacial score (nSPS) is 13.0. The molecule has 1 atom stereocenters. The monoisotopic (exact) mass is 407 g/mol. The Bertz CT molecular complexity index is 777. The minimum absolute atomic E-state index is 0.206. The van der Waals surface area contributed by atoms with Crippen LogP contribution in [0.3, 0.4) is 0 Å². The van der Waals surface area contributed by atoms with E-state index in [1.54, 1.807) is 6.20 Å². The number of fused-ring (bicyclic) bond motifs is 1. The molecule has 2 rings (SSSR count). The second-order valence-electron chi connectivity index (χ2n) is 6.15. The van der Waals surface area contributed by atoms with Crippen molar-refractivity contribution < 1.29 is 14.4 Å². The minimum Gasteiger partial charge on any atom is -0.481 e. The molecule has 0 aliphatic carbocycles. The van der Waals surface area contributed by atoms with E-state index < -0.39 is 11.6 Å². The lowest BCUT2D eigenvalue weighted by Gasteiger charge is -2.25. The van der Waals surface area contributed by atoms with Crippen molar-refractivity contribution in [2.75, 3.05) is 7.11 Å². The third kappa shape index (κ3) is 5.42. The Balaban J connectivity index is 2.13. The number of pyridine rings is 1. The molecular formula is C18H22BrN3O3. The molecule has 134 valence electrons. The molecule has 0 aliphatic rings. The highest BCUT2D eigenvalue weighted by Crippen LogP contribution is 2.23. The summed E-state index contributed by atoms with van der Waals surface area (Å²) in [7, 11) is 1.46. The van der Waals surface area contributed by atoms with Crippen LogP contribution < -0.4 is 10.1 Å². The molecule has 1 heterocycles. The molecule has 0 bridgehead atoms. The number of carbonyl (C=O) groups is 1. The average Bonchev–Trinajstić information content (AvgIpc) is 2.57. The Morgan fingerprint density at radius 2 is 2.20 bits per heavy atom. The first-order valence-electron chi connectivity index (χ1n) is 7.96. The van der Waals surface area contributed by atoms with E-state index in [0.717, 1.165) is 15.4 Å². The van der Waals surface area contributed by atoms with Crippen LogP contribution in [0.1, 0.15) is 27.2 Å². The van der Waals surface area contributed by atoms with Crippen LogP contribution >= 0.6 is 15.9 Å². The van der Waals surface area contributed by atoms with Crippen LogP contribution in [0.4, 0.5) is 0 Å². The SMILES string of the molecule is CCC(Oc1ccc2ncc(Br)cc2c1)C(=O)NC(C)(C)C=NOC.